The summed E-state index contributed by atoms with van der Waals surface area (Å²) in [5.74, 6) is 0.703. The van der Waals surface area contributed by atoms with E-state index in [1.54, 1.807) is 0 Å². The van der Waals surface area contributed by atoms with E-state index in [-0.39, 0.29) is 0 Å². The van der Waals surface area contributed by atoms with E-state index in [0.29, 0.717) is 11.5 Å². The van der Waals surface area contributed by atoms with E-state index in [1.165, 1.54) is 13.0 Å². The van der Waals surface area contributed by atoms with Crippen LogP contribution in [-0.4, -0.2) is 65.4 Å². The number of likely N-dealkylation sites (N-methyl/N-ethyl adjacent to an activating group) is 1. The van der Waals surface area contributed by atoms with Gasteiger partial charge in [0.1, 0.15) is 0 Å². The smallest absolute Gasteiger partial charge is 0.0765 e. The molecule has 0 aliphatic carbocycles. The lowest BCUT2D eigenvalue weighted by molar-refractivity contribution is -0.0232. The first-order chi connectivity index (χ1) is 9.61. The number of nitrogens with one attached hydrogen (secondary N) is 1. The van der Waals surface area contributed by atoms with Crippen LogP contribution in [0.4, 0.5) is 0 Å². The Balaban J connectivity index is 1.51. The Labute approximate surface area is 121 Å². The monoisotopic (exact) mass is 278 g/mol. The van der Waals surface area contributed by atoms with Crippen molar-refractivity contribution in [3.63, 3.8) is 0 Å². The molecule has 2 aliphatic heterocycles. The van der Waals surface area contributed by atoms with E-state index in [4.69, 9.17) is 4.74 Å². The lowest BCUT2D eigenvalue weighted by Crippen LogP contribution is -2.66. The van der Waals surface area contributed by atoms with Crippen LogP contribution in [0.15, 0.2) is 6.07 Å². The number of hydrogen-bond acceptors (Lipinski definition) is 4. The van der Waals surface area contributed by atoms with E-state index in [1.807, 2.05) is 0 Å². The highest BCUT2D eigenvalue weighted by Crippen LogP contribution is 2.39. The highest BCUT2D eigenvalue weighted by atomic mass is 16.5. The fraction of sp³-hybridized carbons (Fsp3) is 0.800. The van der Waals surface area contributed by atoms with E-state index >= 15 is 0 Å². The molecule has 20 heavy (non-hydrogen) atoms. The average molecular weight is 278 g/mol. The minimum Gasteiger partial charge on any atom is -0.381 e. The summed E-state index contributed by atoms with van der Waals surface area (Å²) in [6.07, 6.45) is 1.28. The standard InChI is InChI=1S/C15H26N4O/c1-4-20-9-13-6-15(18(3)7-13)10-19(11-15)8-14-5-12(2)16-17-14/h5,13H,4,6-11H2,1-3H3,(H,16,17)/t13-/m1/s1. The molecule has 2 aliphatic rings. The third-order valence-electron chi connectivity index (χ3n) is 4.75. The maximum Gasteiger partial charge on any atom is 0.0765 e. The highest BCUT2D eigenvalue weighted by molar-refractivity contribution is 5.12. The van der Waals surface area contributed by atoms with Crippen molar-refractivity contribution in [1.29, 1.82) is 0 Å². The number of likely N-dealkylation sites (tertiary alicyclic amines) is 2. The summed E-state index contributed by atoms with van der Waals surface area (Å²) >= 11 is 0. The van der Waals surface area contributed by atoms with Gasteiger partial charge < -0.3 is 4.74 Å². The van der Waals surface area contributed by atoms with Gasteiger partial charge in [-0.1, -0.05) is 0 Å². The lowest BCUT2D eigenvalue weighted by Gasteiger charge is -2.52. The van der Waals surface area contributed by atoms with Crippen LogP contribution in [0.25, 0.3) is 0 Å². The Morgan fingerprint density at radius 3 is 2.95 bits per heavy atom. The summed E-state index contributed by atoms with van der Waals surface area (Å²) in [6, 6.07) is 2.14. The number of rotatable bonds is 5. The predicted octanol–water partition coefficient (Wildman–Crippen LogP) is 1.26. The van der Waals surface area contributed by atoms with E-state index in [9.17, 15) is 0 Å². The fourth-order valence-corrected chi connectivity index (χ4v) is 3.79. The SMILES string of the molecule is CCOC[C@H]1CN(C)C2(C1)CN(Cc1cc(C)[nH]n1)C2. The molecule has 0 amide bonds. The molecule has 0 bridgehead atoms. The van der Waals surface area contributed by atoms with Crippen LogP contribution in [-0.2, 0) is 11.3 Å². The quantitative estimate of drug-likeness (QED) is 0.881. The molecule has 5 nitrogen and oxygen atoms in total. The Hall–Kier alpha value is -0.910. The zero-order valence-electron chi connectivity index (χ0n) is 12.9. The van der Waals surface area contributed by atoms with Gasteiger partial charge in [-0.05, 0) is 39.3 Å². The van der Waals surface area contributed by atoms with Crippen molar-refractivity contribution in [2.75, 3.05) is 39.9 Å². The van der Waals surface area contributed by atoms with Crippen LogP contribution in [0.5, 0.6) is 0 Å². The number of ether oxygens (including phenoxy) is 1. The minimum absolute atomic E-state index is 0.396. The third kappa shape index (κ3) is 2.62. The number of hydrogen-bond donors (Lipinski definition) is 1. The van der Waals surface area contributed by atoms with Gasteiger partial charge in [-0.2, -0.15) is 5.10 Å². The summed E-state index contributed by atoms with van der Waals surface area (Å²) in [5, 5.41) is 7.35. The van der Waals surface area contributed by atoms with Gasteiger partial charge >= 0.3 is 0 Å². The lowest BCUT2D eigenvalue weighted by atomic mass is 9.84. The van der Waals surface area contributed by atoms with Crippen molar-refractivity contribution >= 4 is 0 Å². The molecule has 1 aromatic rings. The molecule has 0 radical (unpaired) electrons. The van der Waals surface area contributed by atoms with Crippen LogP contribution in [0.3, 0.4) is 0 Å². The Bertz CT molecular complexity index is 452. The summed E-state index contributed by atoms with van der Waals surface area (Å²) in [5.41, 5.74) is 2.70. The maximum absolute atomic E-state index is 5.60. The zero-order chi connectivity index (χ0) is 14.2. The molecule has 0 saturated carbocycles. The van der Waals surface area contributed by atoms with E-state index in [2.05, 4.69) is 47.0 Å². The molecule has 0 unspecified atom stereocenters. The Morgan fingerprint density at radius 2 is 2.30 bits per heavy atom. The fourth-order valence-electron chi connectivity index (χ4n) is 3.79. The molecule has 1 N–H and O–H groups in total. The molecule has 5 heteroatoms. The number of aromatic nitrogens is 2. The number of nitrogens with zero attached hydrogens (tertiary/aromatic N) is 3. The van der Waals surface area contributed by atoms with E-state index in [0.717, 1.165) is 44.2 Å². The topological polar surface area (TPSA) is 44.4 Å². The minimum atomic E-state index is 0.396. The maximum atomic E-state index is 5.60. The molecule has 3 heterocycles. The molecule has 2 saturated heterocycles. The Kier molecular flexibility index (Phi) is 3.84. The van der Waals surface area contributed by atoms with Gasteiger partial charge in [0.25, 0.3) is 0 Å². The summed E-state index contributed by atoms with van der Waals surface area (Å²) in [6.45, 7) is 10.4. The molecule has 1 atom stereocenters. The largest absolute Gasteiger partial charge is 0.381 e. The molecule has 1 spiro atoms. The van der Waals surface area contributed by atoms with Gasteiger partial charge in [-0.15, -0.1) is 0 Å². The van der Waals surface area contributed by atoms with Crippen molar-refractivity contribution in [1.82, 2.24) is 20.0 Å². The molecule has 112 valence electrons. The predicted molar refractivity (Wildman–Crippen MR) is 78.6 cm³/mol. The van der Waals surface area contributed by atoms with Crippen molar-refractivity contribution in [3.05, 3.63) is 17.5 Å². The van der Waals surface area contributed by atoms with Gasteiger partial charge in [-0.25, -0.2) is 0 Å². The van der Waals surface area contributed by atoms with Gasteiger partial charge in [0.2, 0.25) is 0 Å². The van der Waals surface area contributed by atoms with Crippen molar-refractivity contribution in [2.45, 2.75) is 32.4 Å². The first-order valence-corrected chi connectivity index (χ1v) is 7.63. The Morgan fingerprint density at radius 1 is 1.50 bits per heavy atom. The third-order valence-corrected chi connectivity index (χ3v) is 4.75. The number of aromatic amines is 1. The molecule has 3 rings (SSSR count). The van der Waals surface area contributed by atoms with Crippen LogP contribution < -0.4 is 0 Å². The molecule has 2 fully saturated rings. The van der Waals surface area contributed by atoms with Gasteiger partial charge in [-0.3, -0.25) is 14.9 Å². The van der Waals surface area contributed by atoms with Crippen molar-refractivity contribution in [2.24, 2.45) is 5.92 Å². The first kappa shape index (κ1) is 14.0. The zero-order valence-corrected chi connectivity index (χ0v) is 12.9. The highest BCUT2D eigenvalue weighted by Gasteiger charge is 2.51. The van der Waals surface area contributed by atoms with Crippen molar-refractivity contribution in [3.8, 4) is 0 Å². The molecular weight excluding hydrogens is 252 g/mol. The average Bonchev–Trinajstić information content (AvgIpc) is 2.91. The summed E-state index contributed by atoms with van der Waals surface area (Å²) in [4.78, 5) is 5.04. The molecule has 1 aromatic heterocycles. The second-order valence-corrected chi connectivity index (χ2v) is 6.52. The second-order valence-electron chi connectivity index (χ2n) is 6.52. The van der Waals surface area contributed by atoms with Crippen LogP contribution in [0.2, 0.25) is 0 Å². The van der Waals surface area contributed by atoms with Crippen LogP contribution in [0.1, 0.15) is 24.7 Å². The van der Waals surface area contributed by atoms with E-state index < -0.39 is 0 Å². The van der Waals surface area contributed by atoms with Gasteiger partial charge in [0, 0.05) is 44.0 Å². The summed E-state index contributed by atoms with van der Waals surface area (Å²) < 4.78 is 5.60. The number of aryl methyl sites for hydroxylation is 1. The molecular formula is C15H26N4O. The van der Waals surface area contributed by atoms with Crippen LogP contribution in [0, 0.1) is 12.8 Å². The number of H-pyrrole nitrogens is 1. The normalized spacial score (nSPS) is 26.2. The second kappa shape index (κ2) is 5.47. The molecule has 0 aromatic carbocycles. The van der Waals surface area contributed by atoms with Crippen molar-refractivity contribution < 1.29 is 4.74 Å². The van der Waals surface area contributed by atoms with Gasteiger partial charge in [0.15, 0.2) is 0 Å². The van der Waals surface area contributed by atoms with Crippen LogP contribution >= 0.6 is 0 Å². The first-order valence-electron chi connectivity index (χ1n) is 7.63. The van der Waals surface area contributed by atoms with Gasteiger partial charge in [0.05, 0.1) is 12.3 Å². The summed E-state index contributed by atoms with van der Waals surface area (Å²) in [7, 11) is 2.27.